The van der Waals surface area contributed by atoms with Crippen LogP contribution in [0.3, 0.4) is 0 Å². The summed E-state index contributed by atoms with van der Waals surface area (Å²) in [6.45, 7) is 0. The van der Waals surface area contributed by atoms with E-state index in [1.54, 1.807) is 0 Å². The molecule has 3 fully saturated rings. The second kappa shape index (κ2) is 6.94. The summed E-state index contributed by atoms with van der Waals surface area (Å²) in [5.74, 6) is -13.0. The highest BCUT2D eigenvalue weighted by atomic mass is 16.4. The lowest BCUT2D eigenvalue weighted by molar-refractivity contribution is -0.159. The second-order valence-corrected chi connectivity index (χ2v) is 7.95. The molecule has 4 N–H and O–H groups in total. The number of ketones is 1. The van der Waals surface area contributed by atoms with Gasteiger partial charge < -0.3 is 20.4 Å². The number of hydrogen-bond acceptors (Lipinski definition) is 5. The Hall–Kier alpha value is -2.45. The van der Waals surface area contributed by atoms with Crippen molar-refractivity contribution in [3.63, 3.8) is 0 Å². The van der Waals surface area contributed by atoms with Crippen molar-refractivity contribution >= 4 is 29.7 Å². The van der Waals surface area contributed by atoms with E-state index in [1.165, 1.54) is 0 Å². The number of carbonyl (C=O) groups is 5. The summed E-state index contributed by atoms with van der Waals surface area (Å²) in [5, 5.41) is 38.1. The van der Waals surface area contributed by atoms with Crippen molar-refractivity contribution in [2.75, 3.05) is 0 Å². The normalized spacial score (nSPS) is 41.1. The number of Topliss-reactive ketones (excluding diaryl/α,β-unsaturated/α-hetero) is 1. The molecule has 0 aromatic heterocycles. The maximum atomic E-state index is 13.3. The van der Waals surface area contributed by atoms with E-state index in [4.69, 9.17) is 0 Å². The summed E-state index contributed by atoms with van der Waals surface area (Å²) >= 11 is 0. The summed E-state index contributed by atoms with van der Waals surface area (Å²) in [5.41, 5.74) is 0. The van der Waals surface area contributed by atoms with Crippen molar-refractivity contribution in [2.45, 2.75) is 32.1 Å². The van der Waals surface area contributed by atoms with Crippen LogP contribution < -0.4 is 0 Å². The van der Waals surface area contributed by atoms with E-state index in [2.05, 4.69) is 0 Å². The van der Waals surface area contributed by atoms with Crippen LogP contribution in [-0.4, -0.2) is 50.1 Å². The molecule has 0 aromatic rings. The Bertz CT molecular complexity index is 699. The van der Waals surface area contributed by atoms with E-state index in [9.17, 15) is 44.4 Å². The quantitative estimate of drug-likeness (QED) is 0.550. The third-order valence-electron chi connectivity index (χ3n) is 6.88. The van der Waals surface area contributed by atoms with Crippen LogP contribution in [0.25, 0.3) is 0 Å². The maximum absolute atomic E-state index is 13.3. The molecule has 0 aromatic carbocycles. The van der Waals surface area contributed by atoms with Gasteiger partial charge >= 0.3 is 23.9 Å². The Morgan fingerprint density at radius 2 is 1.00 bits per heavy atom. The molecule has 9 nitrogen and oxygen atoms in total. The minimum atomic E-state index is -1.27. The van der Waals surface area contributed by atoms with Crippen molar-refractivity contribution in [2.24, 2.45) is 47.3 Å². The topological polar surface area (TPSA) is 166 Å². The molecule has 0 bridgehead atoms. The van der Waals surface area contributed by atoms with Crippen LogP contribution in [-0.2, 0) is 24.0 Å². The predicted molar refractivity (Wildman–Crippen MR) is 86.6 cm³/mol. The van der Waals surface area contributed by atoms with Gasteiger partial charge in [-0.1, -0.05) is 0 Å². The van der Waals surface area contributed by atoms with Crippen molar-refractivity contribution in [3.05, 3.63) is 0 Å². The van der Waals surface area contributed by atoms with Gasteiger partial charge in [0.15, 0.2) is 0 Å². The first kappa shape index (κ1) is 19.3. The lowest BCUT2D eigenvalue weighted by Gasteiger charge is -2.39. The van der Waals surface area contributed by atoms with Crippen LogP contribution in [0.4, 0.5) is 0 Å². The van der Waals surface area contributed by atoms with E-state index in [-0.39, 0.29) is 32.1 Å². The lowest BCUT2D eigenvalue weighted by atomic mass is 9.63. The third-order valence-corrected chi connectivity index (χ3v) is 6.88. The van der Waals surface area contributed by atoms with E-state index in [0.717, 1.165) is 0 Å². The molecule has 0 saturated heterocycles. The van der Waals surface area contributed by atoms with Crippen molar-refractivity contribution in [1.29, 1.82) is 0 Å². The molecule has 0 spiro atoms. The first-order valence-corrected chi connectivity index (χ1v) is 9.10. The Labute approximate surface area is 154 Å². The highest BCUT2D eigenvalue weighted by Gasteiger charge is 2.59. The third kappa shape index (κ3) is 3.08. The Balaban J connectivity index is 2.05. The molecule has 8 atom stereocenters. The molecule has 0 amide bonds. The molecule has 0 aliphatic heterocycles. The Morgan fingerprint density at radius 1 is 0.593 bits per heavy atom. The fourth-order valence-electron chi connectivity index (χ4n) is 5.75. The predicted octanol–water partition coefficient (Wildman–Crippen LogP) is 0.815. The van der Waals surface area contributed by atoms with Crippen LogP contribution in [0.1, 0.15) is 32.1 Å². The molecular weight excluding hydrogens is 360 g/mol. The van der Waals surface area contributed by atoms with Crippen molar-refractivity contribution in [3.8, 4) is 0 Å². The highest BCUT2D eigenvalue weighted by Crippen LogP contribution is 2.54. The van der Waals surface area contributed by atoms with Gasteiger partial charge in [0.25, 0.3) is 0 Å². The van der Waals surface area contributed by atoms with Gasteiger partial charge in [-0.2, -0.15) is 0 Å². The zero-order chi connectivity index (χ0) is 20.0. The van der Waals surface area contributed by atoms with E-state index < -0.39 is 77.0 Å². The summed E-state index contributed by atoms with van der Waals surface area (Å²) < 4.78 is 0. The van der Waals surface area contributed by atoms with Crippen LogP contribution in [0, 0.1) is 47.3 Å². The highest BCUT2D eigenvalue weighted by molar-refractivity contribution is 5.94. The molecule has 27 heavy (non-hydrogen) atoms. The maximum Gasteiger partial charge on any atom is 0.307 e. The SMILES string of the molecule is O=C1[C@H]2[C@@H](CC[C@@H]3[C@H]1[C@H](C(=O)O)C[C@@H]3C(=O)O)[C@@H](C(=O)O)CC[C@H]2C(=O)O. The average molecular weight is 382 g/mol. The van der Waals surface area contributed by atoms with Crippen LogP contribution >= 0.6 is 0 Å². The standard InChI is InChI=1S/C18H22O9/c19-14-12-6(8(15(20)21)3-4-9(12)16(22)23)1-2-7-10(17(24)25)5-11(13(7)14)18(26)27/h6-13H,1-5H2,(H,20,21)(H,22,23)(H,24,25)(H,26,27)/t6-,7-,8-,9+,10-,11+,12-,13-/m0/s1. The van der Waals surface area contributed by atoms with Gasteiger partial charge in [-0.3, -0.25) is 24.0 Å². The molecule has 3 aliphatic rings. The Morgan fingerprint density at radius 3 is 1.48 bits per heavy atom. The smallest absolute Gasteiger partial charge is 0.307 e. The van der Waals surface area contributed by atoms with Crippen LogP contribution in [0.2, 0.25) is 0 Å². The number of rotatable bonds is 4. The lowest BCUT2D eigenvalue weighted by Crippen LogP contribution is -2.46. The van der Waals surface area contributed by atoms with Gasteiger partial charge in [-0.25, -0.2) is 0 Å². The summed E-state index contributed by atoms with van der Waals surface area (Å²) in [4.78, 5) is 60.0. The van der Waals surface area contributed by atoms with E-state index in [1.807, 2.05) is 0 Å². The summed E-state index contributed by atoms with van der Waals surface area (Å²) in [6.07, 6.45) is 0.448. The van der Waals surface area contributed by atoms with Gasteiger partial charge in [0.1, 0.15) is 5.78 Å². The van der Waals surface area contributed by atoms with Crippen LogP contribution in [0.15, 0.2) is 0 Å². The molecular formula is C18H22O9. The van der Waals surface area contributed by atoms with E-state index >= 15 is 0 Å². The first-order valence-electron chi connectivity index (χ1n) is 9.10. The zero-order valence-electron chi connectivity index (χ0n) is 14.5. The summed E-state index contributed by atoms with van der Waals surface area (Å²) in [7, 11) is 0. The summed E-state index contributed by atoms with van der Waals surface area (Å²) in [6, 6.07) is 0. The number of fused-ring (bicyclic) bond motifs is 2. The fourth-order valence-corrected chi connectivity index (χ4v) is 5.75. The van der Waals surface area contributed by atoms with Gasteiger partial charge in [0.05, 0.1) is 23.7 Å². The number of hydrogen-bond donors (Lipinski definition) is 4. The minimum Gasteiger partial charge on any atom is -0.481 e. The van der Waals surface area contributed by atoms with Gasteiger partial charge in [-0.05, 0) is 43.9 Å². The molecule has 9 heteroatoms. The van der Waals surface area contributed by atoms with Crippen molar-refractivity contribution in [1.82, 2.24) is 0 Å². The molecule has 3 saturated carbocycles. The first-order chi connectivity index (χ1) is 12.6. The molecule has 3 aliphatic carbocycles. The van der Waals surface area contributed by atoms with Crippen molar-refractivity contribution < 1.29 is 44.4 Å². The largest absolute Gasteiger partial charge is 0.481 e. The molecule has 0 heterocycles. The molecule has 0 radical (unpaired) electrons. The monoisotopic (exact) mass is 382 g/mol. The minimum absolute atomic E-state index is 0.0384. The molecule has 148 valence electrons. The number of carboxylic acids is 4. The van der Waals surface area contributed by atoms with Gasteiger partial charge in [0.2, 0.25) is 0 Å². The average Bonchev–Trinajstić information content (AvgIpc) is 2.91. The Kier molecular flexibility index (Phi) is 4.96. The molecule has 0 unspecified atom stereocenters. The fraction of sp³-hybridized carbons (Fsp3) is 0.722. The molecule has 3 rings (SSSR count). The number of carbonyl (C=O) groups excluding carboxylic acids is 1. The van der Waals surface area contributed by atoms with Gasteiger partial charge in [-0.15, -0.1) is 0 Å². The van der Waals surface area contributed by atoms with Gasteiger partial charge in [0, 0.05) is 11.8 Å². The van der Waals surface area contributed by atoms with E-state index in [0.29, 0.717) is 0 Å². The second-order valence-electron chi connectivity index (χ2n) is 7.95. The number of aliphatic carboxylic acids is 4. The zero-order valence-corrected chi connectivity index (χ0v) is 14.5. The number of carboxylic acid groups (broad SMARTS) is 4. The van der Waals surface area contributed by atoms with Crippen LogP contribution in [0.5, 0.6) is 0 Å².